The van der Waals surface area contributed by atoms with E-state index in [-0.39, 0.29) is 5.41 Å². The number of fused-ring (bicyclic) bond motifs is 7. The number of hydrogen-bond donors (Lipinski definition) is 0. The highest BCUT2D eigenvalue weighted by Crippen LogP contribution is 2.53. The van der Waals surface area contributed by atoms with E-state index in [1.807, 2.05) is 0 Å². The highest BCUT2D eigenvalue weighted by molar-refractivity contribution is 6.12. The molecule has 1 heterocycles. The van der Waals surface area contributed by atoms with E-state index < -0.39 is 0 Å². The van der Waals surface area contributed by atoms with E-state index in [1.165, 1.54) is 133 Å². The van der Waals surface area contributed by atoms with Gasteiger partial charge in [-0.1, -0.05) is 172 Å². The van der Waals surface area contributed by atoms with E-state index >= 15 is 0 Å². The van der Waals surface area contributed by atoms with Crippen LogP contribution in [0.1, 0.15) is 60.6 Å². The summed E-state index contributed by atoms with van der Waals surface area (Å²) in [7, 11) is 0. The van der Waals surface area contributed by atoms with Crippen LogP contribution in [0.4, 0.5) is 0 Å². The minimum absolute atomic E-state index is 0.183. The highest BCUT2D eigenvalue weighted by Gasteiger charge is 2.37. The van der Waals surface area contributed by atoms with Crippen LogP contribution in [0, 0.1) is 26.7 Å². The quantitative estimate of drug-likeness (QED) is 0.157. The molecule has 1 unspecified atom stereocenters. The second kappa shape index (κ2) is 15.3. The third-order valence-electron chi connectivity index (χ3n) is 15.1. The van der Waals surface area contributed by atoms with Crippen LogP contribution in [0.5, 0.6) is 0 Å². The summed E-state index contributed by atoms with van der Waals surface area (Å²) in [4.78, 5) is 0. The van der Waals surface area contributed by atoms with Gasteiger partial charge in [-0.3, -0.25) is 0 Å². The number of para-hydroxylation sites is 2. The van der Waals surface area contributed by atoms with Crippen LogP contribution < -0.4 is 0 Å². The Morgan fingerprint density at radius 1 is 0.439 bits per heavy atom. The van der Waals surface area contributed by atoms with Crippen molar-refractivity contribution in [3.05, 3.63) is 228 Å². The zero-order valence-corrected chi connectivity index (χ0v) is 38.7. The van der Waals surface area contributed by atoms with Crippen LogP contribution in [-0.4, -0.2) is 4.57 Å². The Labute approximate surface area is 389 Å². The standard InChI is InChI=1S/C65H53N/c1-40-19-17-23-47(35-40)63-41(2)62(44-20-9-7-10-21-44)42(3)64(43(63)4)48-24-18-22-45(36-48)50-33-34-51(53-28-14-13-27-52(50)53)46-31-32-54-56-38-57-55-29-15-16-30-60(55)66(49-25-11-8-12-26-49)61(57)39-59(56)65(5,6)58(54)37-46/h7-18,20-40H,19H2,1-6H3. The molecule has 318 valence electrons. The van der Waals surface area contributed by atoms with Crippen LogP contribution in [0.25, 0.3) is 99.5 Å². The maximum absolute atomic E-state index is 2.48. The van der Waals surface area contributed by atoms with Gasteiger partial charge in [0, 0.05) is 21.9 Å². The molecule has 0 aliphatic heterocycles. The monoisotopic (exact) mass is 847 g/mol. The minimum atomic E-state index is -0.183. The van der Waals surface area contributed by atoms with Crippen molar-refractivity contribution < 1.29 is 0 Å². The number of aromatic nitrogens is 1. The fourth-order valence-electron chi connectivity index (χ4n) is 12.0. The van der Waals surface area contributed by atoms with Crippen molar-refractivity contribution in [3.63, 3.8) is 0 Å². The van der Waals surface area contributed by atoms with Crippen LogP contribution >= 0.6 is 0 Å². The summed E-state index contributed by atoms with van der Waals surface area (Å²) in [6, 6.07) is 65.8. The Morgan fingerprint density at radius 3 is 1.71 bits per heavy atom. The molecule has 66 heavy (non-hydrogen) atoms. The molecule has 0 N–H and O–H groups in total. The van der Waals surface area contributed by atoms with Crippen molar-refractivity contribution in [3.8, 4) is 61.3 Å². The minimum Gasteiger partial charge on any atom is -0.309 e. The zero-order valence-electron chi connectivity index (χ0n) is 38.7. The largest absolute Gasteiger partial charge is 0.309 e. The summed E-state index contributed by atoms with van der Waals surface area (Å²) in [5.74, 6) is 0.513. The molecular weight excluding hydrogens is 795 g/mol. The van der Waals surface area contributed by atoms with Gasteiger partial charge in [-0.05, 0) is 181 Å². The van der Waals surface area contributed by atoms with Gasteiger partial charge in [-0.2, -0.15) is 0 Å². The van der Waals surface area contributed by atoms with E-state index in [1.54, 1.807) is 0 Å². The Bertz CT molecular complexity index is 3670. The first-order chi connectivity index (χ1) is 32.2. The van der Waals surface area contributed by atoms with Crippen LogP contribution in [-0.2, 0) is 5.41 Å². The summed E-state index contributed by atoms with van der Waals surface area (Å²) in [5.41, 5.74) is 25.8. The lowest BCUT2D eigenvalue weighted by molar-refractivity contribution is 0.661. The van der Waals surface area contributed by atoms with Gasteiger partial charge < -0.3 is 4.57 Å². The predicted molar refractivity (Wildman–Crippen MR) is 283 cm³/mol. The molecule has 0 saturated heterocycles. The number of allylic oxidation sites excluding steroid dienone is 4. The van der Waals surface area contributed by atoms with E-state index in [9.17, 15) is 0 Å². The van der Waals surface area contributed by atoms with Gasteiger partial charge in [-0.25, -0.2) is 0 Å². The summed E-state index contributed by atoms with van der Waals surface area (Å²) in [5, 5.41) is 5.11. The first-order valence-corrected chi connectivity index (χ1v) is 23.7. The van der Waals surface area contributed by atoms with Gasteiger partial charge in [-0.15, -0.1) is 0 Å². The fourth-order valence-corrected chi connectivity index (χ4v) is 12.0. The lowest BCUT2D eigenvalue weighted by Gasteiger charge is -2.25. The lowest BCUT2D eigenvalue weighted by Crippen LogP contribution is -2.15. The van der Waals surface area contributed by atoms with E-state index in [0.29, 0.717) is 5.92 Å². The van der Waals surface area contributed by atoms with Gasteiger partial charge >= 0.3 is 0 Å². The second-order valence-electron chi connectivity index (χ2n) is 19.4. The molecule has 1 aromatic heterocycles. The molecule has 1 heteroatoms. The first kappa shape index (κ1) is 40.1. The second-order valence-corrected chi connectivity index (χ2v) is 19.4. The first-order valence-electron chi connectivity index (χ1n) is 23.7. The Hall–Kier alpha value is -7.48. The van der Waals surface area contributed by atoms with Crippen molar-refractivity contribution in [2.24, 2.45) is 5.92 Å². The van der Waals surface area contributed by atoms with Crippen LogP contribution in [0.2, 0.25) is 0 Å². The Balaban J connectivity index is 0.971. The van der Waals surface area contributed by atoms with Gasteiger partial charge in [0.15, 0.2) is 0 Å². The van der Waals surface area contributed by atoms with Crippen molar-refractivity contribution in [1.82, 2.24) is 4.57 Å². The summed E-state index contributed by atoms with van der Waals surface area (Å²) < 4.78 is 2.44. The topological polar surface area (TPSA) is 4.93 Å². The molecule has 12 rings (SSSR count). The molecule has 1 nitrogen and oxygen atoms in total. The summed E-state index contributed by atoms with van der Waals surface area (Å²) in [6.45, 7) is 14.1. The molecule has 2 aliphatic carbocycles. The predicted octanol–water partition coefficient (Wildman–Crippen LogP) is 17.8. The summed E-state index contributed by atoms with van der Waals surface area (Å²) in [6.07, 6.45) is 8.25. The average molecular weight is 848 g/mol. The number of rotatable bonds is 6. The summed E-state index contributed by atoms with van der Waals surface area (Å²) >= 11 is 0. The smallest absolute Gasteiger partial charge is 0.0544 e. The maximum Gasteiger partial charge on any atom is 0.0544 e. The van der Waals surface area contributed by atoms with Crippen molar-refractivity contribution in [2.75, 3.05) is 0 Å². The van der Waals surface area contributed by atoms with Gasteiger partial charge in [0.2, 0.25) is 0 Å². The van der Waals surface area contributed by atoms with Crippen molar-refractivity contribution >= 4 is 38.2 Å². The third-order valence-corrected chi connectivity index (χ3v) is 15.1. The van der Waals surface area contributed by atoms with E-state index in [0.717, 1.165) is 6.42 Å². The van der Waals surface area contributed by atoms with Gasteiger partial charge in [0.25, 0.3) is 0 Å². The SMILES string of the molecule is Cc1c(C2=CC(C)CC=C2)c(C)c(-c2cccc(-c3ccc(-c4ccc5c(c4)C(C)(C)c4cc6c(cc4-5)c4ccccc4n6-c4ccccc4)c4ccccc34)c2)c(C)c1-c1ccccc1. The lowest BCUT2D eigenvalue weighted by atomic mass is 9.79. The molecule has 0 radical (unpaired) electrons. The van der Waals surface area contributed by atoms with Crippen molar-refractivity contribution in [1.29, 1.82) is 0 Å². The zero-order chi connectivity index (χ0) is 44.8. The van der Waals surface area contributed by atoms with Crippen molar-refractivity contribution in [2.45, 2.75) is 53.4 Å². The maximum atomic E-state index is 2.48. The van der Waals surface area contributed by atoms with E-state index in [2.05, 4.69) is 240 Å². The van der Waals surface area contributed by atoms with Gasteiger partial charge in [0.05, 0.1) is 11.0 Å². The highest BCUT2D eigenvalue weighted by atomic mass is 15.0. The molecule has 2 aliphatic rings. The number of hydrogen-bond acceptors (Lipinski definition) is 0. The molecule has 9 aromatic carbocycles. The van der Waals surface area contributed by atoms with Gasteiger partial charge in [0.1, 0.15) is 0 Å². The Morgan fingerprint density at radius 2 is 1.00 bits per heavy atom. The Kier molecular flexibility index (Phi) is 9.30. The molecule has 0 fully saturated rings. The molecule has 0 bridgehead atoms. The molecule has 0 saturated carbocycles. The van der Waals surface area contributed by atoms with Crippen LogP contribution in [0.15, 0.2) is 194 Å². The molecular formula is C65H53N. The molecule has 10 aromatic rings. The van der Waals surface area contributed by atoms with E-state index in [4.69, 9.17) is 0 Å². The van der Waals surface area contributed by atoms with Crippen LogP contribution in [0.3, 0.4) is 0 Å². The number of nitrogens with zero attached hydrogens (tertiary/aromatic N) is 1. The normalized spacial score (nSPS) is 15.1. The fraction of sp³-hybridized carbons (Fsp3) is 0.138. The third kappa shape index (κ3) is 6.13. The molecule has 1 atom stereocenters. The molecule has 0 amide bonds. The molecule has 0 spiro atoms. The average Bonchev–Trinajstić information content (AvgIpc) is 3.78. The number of benzene rings is 9.